The third kappa shape index (κ3) is 3.41. The van der Waals surface area contributed by atoms with E-state index in [0.717, 1.165) is 38.6 Å². The van der Waals surface area contributed by atoms with Gasteiger partial charge in [0.15, 0.2) is 0 Å². The van der Waals surface area contributed by atoms with Gasteiger partial charge in [0.2, 0.25) is 0 Å². The molecule has 1 aromatic rings. The van der Waals surface area contributed by atoms with Gasteiger partial charge in [-0.3, -0.25) is 9.59 Å². The lowest BCUT2D eigenvalue weighted by atomic mass is 9.93. The molecule has 0 atom stereocenters. The summed E-state index contributed by atoms with van der Waals surface area (Å²) in [4.78, 5) is 24.7. The van der Waals surface area contributed by atoms with Crippen molar-refractivity contribution in [1.82, 2.24) is 4.90 Å². The van der Waals surface area contributed by atoms with Crippen LogP contribution in [0.1, 0.15) is 40.0 Å². The summed E-state index contributed by atoms with van der Waals surface area (Å²) in [6.45, 7) is 1.73. The number of carbonyl (C=O) groups is 2. The smallest absolute Gasteiger partial charge is 0.253 e. The van der Waals surface area contributed by atoms with Crippen LogP contribution in [0.5, 0.6) is 0 Å². The summed E-state index contributed by atoms with van der Waals surface area (Å²) in [5.41, 5.74) is 1.21. The van der Waals surface area contributed by atoms with Crippen LogP contribution in [0.2, 0.25) is 0 Å². The first-order valence-electron chi connectivity index (χ1n) is 6.70. The quantitative estimate of drug-likeness (QED) is 0.840. The minimum Gasteiger partial charge on any atom is -0.396 e. The molecule has 2 rings (SSSR count). The second-order valence-electron chi connectivity index (χ2n) is 4.99. The van der Waals surface area contributed by atoms with Crippen LogP contribution in [0.4, 0.5) is 0 Å². The number of hydrogen-bond donors (Lipinski definition) is 1. The predicted octanol–water partition coefficient (Wildman–Crippen LogP) is 1.73. The molecule has 0 spiro atoms. The monoisotopic (exact) mass is 261 g/mol. The van der Waals surface area contributed by atoms with Gasteiger partial charge in [-0.2, -0.15) is 0 Å². The number of aliphatic hydroxyl groups is 1. The fourth-order valence-corrected chi connectivity index (χ4v) is 2.49. The SMILES string of the molecule is O=Cc1ccc(C(=O)N2CCC(CCO)CC2)cc1. The maximum atomic E-state index is 12.3. The predicted molar refractivity (Wildman–Crippen MR) is 72.2 cm³/mol. The average molecular weight is 261 g/mol. The van der Waals surface area contributed by atoms with Crippen LogP contribution in [-0.4, -0.2) is 41.9 Å². The van der Waals surface area contributed by atoms with Gasteiger partial charge in [-0.05, 0) is 37.3 Å². The largest absolute Gasteiger partial charge is 0.396 e. The lowest BCUT2D eigenvalue weighted by molar-refractivity contribution is 0.0678. The molecular weight excluding hydrogens is 242 g/mol. The molecule has 0 saturated carbocycles. The van der Waals surface area contributed by atoms with Gasteiger partial charge >= 0.3 is 0 Å². The molecule has 19 heavy (non-hydrogen) atoms. The highest BCUT2D eigenvalue weighted by molar-refractivity contribution is 5.94. The van der Waals surface area contributed by atoms with Crippen molar-refractivity contribution in [1.29, 1.82) is 0 Å². The number of piperidine rings is 1. The van der Waals surface area contributed by atoms with Gasteiger partial charge in [0.1, 0.15) is 6.29 Å². The lowest BCUT2D eigenvalue weighted by Crippen LogP contribution is -2.38. The molecule has 1 saturated heterocycles. The van der Waals surface area contributed by atoms with E-state index in [9.17, 15) is 9.59 Å². The molecule has 1 aromatic carbocycles. The van der Waals surface area contributed by atoms with Crippen molar-refractivity contribution in [3.05, 3.63) is 35.4 Å². The fraction of sp³-hybridized carbons (Fsp3) is 0.467. The number of rotatable bonds is 4. The minimum absolute atomic E-state index is 0.0277. The maximum Gasteiger partial charge on any atom is 0.253 e. The highest BCUT2D eigenvalue weighted by Gasteiger charge is 2.23. The van der Waals surface area contributed by atoms with E-state index in [4.69, 9.17) is 5.11 Å². The fourth-order valence-electron chi connectivity index (χ4n) is 2.49. The van der Waals surface area contributed by atoms with Crippen LogP contribution >= 0.6 is 0 Å². The highest BCUT2D eigenvalue weighted by Crippen LogP contribution is 2.21. The van der Waals surface area contributed by atoms with Crippen molar-refractivity contribution in [2.45, 2.75) is 19.3 Å². The minimum atomic E-state index is 0.0277. The van der Waals surface area contributed by atoms with E-state index >= 15 is 0 Å². The van der Waals surface area contributed by atoms with Crippen molar-refractivity contribution in [2.75, 3.05) is 19.7 Å². The van der Waals surface area contributed by atoms with Crippen LogP contribution in [0.15, 0.2) is 24.3 Å². The van der Waals surface area contributed by atoms with Crippen LogP contribution < -0.4 is 0 Å². The van der Waals surface area contributed by atoms with E-state index in [0.29, 0.717) is 17.0 Å². The van der Waals surface area contributed by atoms with Gasteiger partial charge < -0.3 is 10.0 Å². The zero-order chi connectivity index (χ0) is 13.7. The topological polar surface area (TPSA) is 57.6 Å². The van der Waals surface area contributed by atoms with Gasteiger partial charge in [-0.1, -0.05) is 12.1 Å². The third-order valence-corrected chi connectivity index (χ3v) is 3.73. The van der Waals surface area contributed by atoms with Gasteiger partial charge in [0.05, 0.1) is 0 Å². The van der Waals surface area contributed by atoms with Crippen molar-refractivity contribution in [3.63, 3.8) is 0 Å². The standard InChI is InChI=1S/C15H19NO3/c17-10-7-12-5-8-16(9-6-12)15(19)14-3-1-13(11-18)2-4-14/h1-4,11-12,17H,5-10H2. The summed E-state index contributed by atoms with van der Waals surface area (Å²) in [6, 6.07) is 6.73. The molecular formula is C15H19NO3. The van der Waals surface area contributed by atoms with Gasteiger partial charge in [-0.15, -0.1) is 0 Å². The summed E-state index contributed by atoms with van der Waals surface area (Å²) in [5.74, 6) is 0.561. The molecule has 1 heterocycles. The first-order chi connectivity index (χ1) is 9.24. The van der Waals surface area contributed by atoms with Gasteiger partial charge in [0, 0.05) is 30.8 Å². The Labute approximate surface area is 113 Å². The Morgan fingerprint density at radius 2 is 1.89 bits per heavy atom. The van der Waals surface area contributed by atoms with Gasteiger partial charge in [-0.25, -0.2) is 0 Å². The van der Waals surface area contributed by atoms with Crippen LogP contribution in [0.25, 0.3) is 0 Å². The molecule has 1 fully saturated rings. The molecule has 1 N–H and O–H groups in total. The molecule has 4 heteroatoms. The number of carbonyl (C=O) groups excluding carboxylic acids is 2. The molecule has 1 amide bonds. The molecule has 0 aromatic heterocycles. The summed E-state index contributed by atoms with van der Waals surface area (Å²) in [7, 11) is 0. The third-order valence-electron chi connectivity index (χ3n) is 3.73. The van der Waals surface area contributed by atoms with E-state index in [1.165, 1.54) is 0 Å². The summed E-state index contributed by atoms with van der Waals surface area (Å²) in [6.07, 6.45) is 3.52. The second kappa shape index (κ2) is 6.48. The molecule has 0 aliphatic carbocycles. The molecule has 1 aliphatic rings. The number of hydrogen-bond acceptors (Lipinski definition) is 3. The normalized spacial score (nSPS) is 16.4. The van der Waals surface area contributed by atoms with Crippen LogP contribution in [-0.2, 0) is 0 Å². The average Bonchev–Trinajstić information content (AvgIpc) is 2.48. The Hall–Kier alpha value is -1.68. The molecule has 4 nitrogen and oxygen atoms in total. The Kier molecular flexibility index (Phi) is 4.68. The van der Waals surface area contributed by atoms with Crippen molar-refractivity contribution < 1.29 is 14.7 Å². The Bertz CT molecular complexity index is 433. The Morgan fingerprint density at radius 3 is 2.42 bits per heavy atom. The molecule has 0 radical (unpaired) electrons. The molecule has 0 bridgehead atoms. The molecule has 0 unspecified atom stereocenters. The highest BCUT2D eigenvalue weighted by atomic mass is 16.3. The van der Waals surface area contributed by atoms with Crippen LogP contribution in [0, 0.1) is 5.92 Å². The zero-order valence-electron chi connectivity index (χ0n) is 10.9. The van der Waals surface area contributed by atoms with Gasteiger partial charge in [0.25, 0.3) is 5.91 Å². The molecule has 1 aliphatic heterocycles. The van der Waals surface area contributed by atoms with E-state index in [1.807, 2.05) is 4.90 Å². The van der Waals surface area contributed by atoms with E-state index in [1.54, 1.807) is 24.3 Å². The summed E-state index contributed by atoms with van der Waals surface area (Å²) in [5, 5.41) is 8.91. The first kappa shape index (κ1) is 13.7. The van der Waals surface area contributed by atoms with Crippen LogP contribution in [0.3, 0.4) is 0 Å². The summed E-state index contributed by atoms with van der Waals surface area (Å²) < 4.78 is 0. The van der Waals surface area contributed by atoms with Crippen molar-refractivity contribution in [3.8, 4) is 0 Å². The van der Waals surface area contributed by atoms with E-state index in [2.05, 4.69) is 0 Å². The van der Waals surface area contributed by atoms with E-state index < -0.39 is 0 Å². The number of likely N-dealkylation sites (tertiary alicyclic amines) is 1. The number of benzene rings is 1. The molecule has 102 valence electrons. The van der Waals surface area contributed by atoms with E-state index in [-0.39, 0.29) is 12.5 Å². The number of aliphatic hydroxyl groups excluding tert-OH is 1. The Morgan fingerprint density at radius 1 is 1.26 bits per heavy atom. The second-order valence-corrected chi connectivity index (χ2v) is 4.99. The Balaban J connectivity index is 1.95. The maximum absolute atomic E-state index is 12.3. The van der Waals surface area contributed by atoms with Crippen molar-refractivity contribution >= 4 is 12.2 Å². The number of nitrogens with zero attached hydrogens (tertiary/aromatic N) is 1. The number of aldehydes is 1. The first-order valence-corrected chi connectivity index (χ1v) is 6.70. The van der Waals surface area contributed by atoms with Crippen molar-refractivity contribution in [2.24, 2.45) is 5.92 Å². The number of amides is 1. The summed E-state index contributed by atoms with van der Waals surface area (Å²) >= 11 is 0. The lowest BCUT2D eigenvalue weighted by Gasteiger charge is -2.31. The zero-order valence-corrected chi connectivity index (χ0v) is 10.9.